The van der Waals surface area contributed by atoms with Gasteiger partial charge in [-0.15, -0.1) is 0 Å². The summed E-state index contributed by atoms with van der Waals surface area (Å²) in [5, 5.41) is 0. The van der Waals surface area contributed by atoms with Crippen LogP contribution in [-0.4, -0.2) is 23.3 Å². The highest BCUT2D eigenvalue weighted by atomic mass is 16.2. The molecule has 3 nitrogen and oxygen atoms in total. The lowest BCUT2D eigenvalue weighted by Gasteiger charge is -2.12. The lowest BCUT2D eigenvalue weighted by Crippen LogP contribution is -2.30. The molecule has 0 N–H and O–H groups in total. The van der Waals surface area contributed by atoms with Crippen LogP contribution < -0.4 is 0 Å². The summed E-state index contributed by atoms with van der Waals surface area (Å²) in [5.41, 5.74) is 0. The van der Waals surface area contributed by atoms with Gasteiger partial charge in [0.1, 0.15) is 0 Å². The van der Waals surface area contributed by atoms with Crippen molar-refractivity contribution < 1.29 is 9.59 Å². The molecule has 2 amide bonds. The van der Waals surface area contributed by atoms with Crippen molar-refractivity contribution in [3.05, 3.63) is 60.8 Å². The van der Waals surface area contributed by atoms with Gasteiger partial charge in [0.05, 0.1) is 0 Å². The molecule has 1 rings (SSSR count). The number of rotatable bonds is 15. The fourth-order valence-corrected chi connectivity index (χ4v) is 2.74. The van der Waals surface area contributed by atoms with E-state index in [1.807, 2.05) is 0 Å². The molecule has 0 bridgehead atoms. The molecule has 3 heteroatoms. The van der Waals surface area contributed by atoms with Gasteiger partial charge in [0.25, 0.3) is 11.8 Å². The Labute approximate surface area is 165 Å². The maximum Gasteiger partial charge on any atom is 0.253 e. The molecular formula is C24H35NO2. The van der Waals surface area contributed by atoms with Crippen molar-refractivity contribution in [2.45, 2.75) is 71.1 Å². The second-order valence-corrected chi connectivity index (χ2v) is 6.75. The van der Waals surface area contributed by atoms with Crippen LogP contribution in [-0.2, 0) is 9.59 Å². The zero-order chi connectivity index (χ0) is 19.6. The first-order chi connectivity index (χ1) is 13.3. The predicted octanol–water partition coefficient (Wildman–Crippen LogP) is 6.06. The Morgan fingerprint density at radius 1 is 0.667 bits per heavy atom. The van der Waals surface area contributed by atoms with Gasteiger partial charge in [-0.05, 0) is 51.4 Å². The van der Waals surface area contributed by atoms with E-state index in [0.717, 1.165) is 38.5 Å². The molecule has 0 fully saturated rings. The van der Waals surface area contributed by atoms with Crippen LogP contribution in [0.5, 0.6) is 0 Å². The largest absolute Gasteiger partial charge is 0.275 e. The number of nitrogens with zero attached hydrogens (tertiary/aromatic N) is 1. The van der Waals surface area contributed by atoms with Crippen molar-refractivity contribution in [2.24, 2.45) is 0 Å². The summed E-state index contributed by atoms with van der Waals surface area (Å²) in [6.45, 7) is 2.76. The van der Waals surface area contributed by atoms with E-state index in [0.29, 0.717) is 6.54 Å². The van der Waals surface area contributed by atoms with Crippen LogP contribution in [0.15, 0.2) is 60.8 Å². The van der Waals surface area contributed by atoms with Gasteiger partial charge in [-0.2, -0.15) is 0 Å². The zero-order valence-corrected chi connectivity index (χ0v) is 16.8. The molecule has 0 aromatic heterocycles. The van der Waals surface area contributed by atoms with Crippen molar-refractivity contribution in [2.75, 3.05) is 6.54 Å². The third-order valence-electron chi connectivity index (χ3n) is 4.36. The van der Waals surface area contributed by atoms with Crippen LogP contribution in [0.3, 0.4) is 0 Å². The molecule has 0 atom stereocenters. The Morgan fingerprint density at radius 3 is 1.59 bits per heavy atom. The van der Waals surface area contributed by atoms with Crippen molar-refractivity contribution in [1.82, 2.24) is 4.90 Å². The number of carbonyl (C=O) groups excluding carboxylic acids is 2. The molecule has 0 saturated carbocycles. The molecular weight excluding hydrogens is 334 g/mol. The Hall–Kier alpha value is -2.16. The summed E-state index contributed by atoms with van der Waals surface area (Å²) in [4.78, 5) is 24.1. The van der Waals surface area contributed by atoms with Crippen LogP contribution in [0.25, 0.3) is 0 Å². The van der Waals surface area contributed by atoms with E-state index >= 15 is 0 Å². The Bertz CT molecular complexity index is 549. The molecule has 0 aromatic rings. The first kappa shape index (κ1) is 22.9. The van der Waals surface area contributed by atoms with E-state index in [1.165, 1.54) is 42.7 Å². The third-order valence-corrected chi connectivity index (χ3v) is 4.36. The highest BCUT2D eigenvalue weighted by molar-refractivity contribution is 6.12. The van der Waals surface area contributed by atoms with Gasteiger partial charge in [0.2, 0.25) is 0 Å². The number of amides is 2. The molecule has 0 saturated heterocycles. The third kappa shape index (κ3) is 12.0. The highest BCUT2D eigenvalue weighted by Gasteiger charge is 2.21. The summed E-state index contributed by atoms with van der Waals surface area (Å²) < 4.78 is 0. The number of hydrogen-bond donors (Lipinski definition) is 0. The second-order valence-electron chi connectivity index (χ2n) is 6.75. The minimum absolute atomic E-state index is 0.183. The van der Waals surface area contributed by atoms with Gasteiger partial charge in [0.15, 0.2) is 0 Å². The van der Waals surface area contributed by atoms with Crippen molar-refractivity contribution in [3.8, 4) is 0 Å². The summed E-state index contributed by atoms with van der Waals surface area (Å²) in [5.74, 6) is -0.365. The smallest absolute Gasteiger partial charge is 0.253 e. The topological polar surface area (TPSA) is 37.4 Å². The van der Waals surface area contributed by atoms with Gasteiger partial charge in [-0.3, -0.25) is 14.5 Å². The SMILES string of the molecule is CCCCC/C=C/C/C=C/C/C=C/C/C=C/CCCCN1C(=O)C=CC1=O. The van der Waals surface area contributed by atoms with Crippen LogP contribution in [0.4, 0.5) is 0 Å². The summed E-state index contributed by atoms with van der Waals surface area (Å²) in [6.07, 6.45) is 31.4. The maximum absolute atomic E-state index is 11.4. The van der Waals surface area contributed by atoms with Crippen LogP contribution in [0.2, 0.25) is 0 Å². The summed E-state index contributed by atoms with van der Waals surface area (Å²) in [6, 6.07) is 0. The zero-order valence-electron chi connectivity index (χ0n) is 16.8. The second kappa shape index (κ2) is 16.0. The first-order valence-corrected chi connectivity index (χ1v) is 10.4. The molecule has 0 radical (unpaired) electrons. The van der Waals surface area contributed by atoms with E-state index in [-0.39, 0.29) is 11.8 Å². The molecule has 0 unspecified atom stereocenters. The summed E-state index contributed by atoms with van der Waals surface area (Å²) in [7, 11) is 0. The van der Waals surface area contributed by atoms with Gasteiger partial charge in [0, 0.05) is 18.7 Å². The van der Waals surface area contributed by atoms with Gasteiger partial charge >= 0.3 is 0 Å². The van der Waals surface area contributed by atoms with E-state index < -0.39 is 0 Å². The molecule has 148 valence electrons. The minimum Gasteiger partial charge on any atom is -0.275 e. The van der Waals surface area contributed by atoms with E-state index in [2.05, 4.69) is 55.5 Å². The molecule has 0 aromatic carbocycles. The standard InChI is InChI=1S/C24H35NO2/c1-2-3-4-5-6-7-8-9-10-11-12-13-14-15-16-17-18-19-22-25-23(26)20-21-24(25)27/h6-7,9-10,12-13,15-16,20-21H,2-5,8,11,14,17-19,22H2,1H3/b7-6+,10-9+,13-12+,16-15+. The van der Waals surface area contributed by atoms with Gasteiger partial charge < -0.3 is 0 Å². The molecule has 0 aliphatic carbocycles. The van der Waals surface area contributed by atoms with Gasteiger partial charge in [-0.1, -0.05) is 68.4 Å². The molecule has 1 aliphatic rings. The first-order valence-electron chi connectivity index (χ1n) is 10.4. The number of unbranched alkanes of at least 4 members (excludes halogenated alkanes) is 5. The van der Waals surface area contributed by atoms with Gasteiger partial charge in [-0.25, -0.2) is 0 Å². The maximum atomic E-state index is 11.4. The number of allylic oxidation sites excluding steroid dienone is 8. The van der Waals surface area contributed by atoms with E-state index in [9.17, 15) is 9.59 Å². The van der Waals surface area contributed by atoms with E-state index in [4.69, 9.17) is 0 Å². The minimum atomic E-state index is -0.183. The molecule has 1 heterocycles. The normalized spacial score (nSPS) is 15.1. The average Bonchev–Trinajstić information content (AvgIpc) is 2.99. The Kier molecular flexibility index (Phi) is 13.6. The van der Waals surface area contributed by atoms with Crippen molar-refractivity contribution >= 4 is 11.8 Å². The van der Waals surface area contributed by atoms with Crippen LogP contribution in [0.1, 0.15) is 71.1 Å². The molecule has 0 spiro atoms. The van der Waals surface area contributed by atoms with E-state index in [1.54, 1.807) is 0 Å². The quantitative estimate of drug-likeness (QED) is 0.200. The lowest BCUT2D eigenvalue weighted by molar-refractivity contribution is -0.136. The molecule has 1 aliphatic heterocycles. The molecule has 27 heavy (non-hydrogen) atoms. The van der Waals surface area contributed by atoms with Crippen LogP contribution >= 0.6 is 0 Å². The fourth-order valence-electron chi connectivity index (χ4n) is 2.74. The lowest BCUT2D eigenvalue weighted by atomic mass is 10.2. The Balaban J connectivity index is 1.92. The Morgan fingerprint density at radius 2 is 1.11 bits per heavy atom. The fraction of sp³-hybridized carbons (Fsp3) is 0.500. The summed E-state index contributed by atoms with van der Waals surface area (Å²) >= 11 is 0. The average molecular weight is 370 g/mol. The number of hydrogen-bond acceptors (Lipinski definition) is 2. The number of imide groups is 1. The van der Waals surface area contributed by atoms with Crippen LogP contribution in [0, 0.1) is 0 Å². The monoisotopic (exact) mass is 369 g/mol. The number of carbonyl (C=O) groups is 2. The predicted molar refractivity (Wildman–Crippen MR) is 114 cm³/mol. The highest BCUT2D eigenvalue weighted by Crippen LogP contribution is 2.07. The van der Waals surface area contributed by atoms with Crippen molar-refractivity contribution in [1.29, 1.82) is 0 Å². The van der Waals surface area contributed by atoms with Crippen molar-refractivity contribution in [3.63, 3.8) is 0 Å².